The van der Waals surface area contributed by atoms with Gasteiger partial charge in [-0.05, 0) is 51.5 Å². The van der Waals surface area contributed by atoms with Crippen LogP contribution in [0.25, 0.3) is 5.76 Å². The van der Waals surface area contributed by atoms with Gasteiger partial charge in [0.25, 0.3) is 11.7 Å². The zero-order valence-electron chi connectivity index (χ0n) is 23.7. The number of amides is 2. The number of allylic oxidation sites excluding steroid dienone is 2. The Bertz CT molecular complexity index is 1740. The van der Waals surface area contributed by atoms with E-state index < -0.39 is 51.7 Å². The van der Waals surface area contributed by atoms with Crippen molar-refractivity contribution in [2.75, 3.05) is 11.5 Å². The van der Waals surface area contributed by atoms with Crippen LogP contribution in [-0.4, -0.2) is 62.8 Å². The van der Waals surface area contributed by atoms with Crippen LogP contribution >= 0.6 is 0 Å². The summed E-state index contributed by atoms with van der Waals surface area (Å²) in [7, 11) is 0. The molecular formula is C33H28N2O8. The van der Waals surface area contributed by atoms with E-state index in [1.165, 1.54) is 29.2 Å². The van der Waals surface area contributed by atoms with Gasteiger partial charge in [-0.25, -0.2) is 0 Å². The molecule has 5 aliphatic rings. The Morgan fingerprint density at radius 2 is 1.65 bits per heavy atom. The Morgan fingerprint density at radius 3 is 2.30 bits per heavy atom. The zero-order valence-corrected chi connectivity index (χ0v) is 23.7. The number of rotatable bonds is 4. The molecule has 3 saturated heterocycles. The van der Waals surface area contributed by atoms with Crippen LogP contribution in [0.5, 0.6) is 5.75 Å². The average molecular weight is 581 g/mol. The van der Waals surface area contributed by atoms with Crippen molar-refractivity contribution < 1.29 is 38.6 Å². The number of hydrogen-bond donors (Lipinski definition) is 1. The average Bonchev–Trinajstić information content (AvgIpc) is 3.40. The number of ketones is 2. The number of Topliss-reactive ketones (excluding diaryl/α,β-unsaturated/α-hetero) is 1. The number of anilines is 1. The summed E-state index contributed by atoms with van der Waals surface area (Å²) in [4.78, 5) is 72.8. The van der Waals surface area contributed by atoms with Crippen LogP contribution < -0.4 is 4.90 Å². The molecule has 43 heavy (non-hydrogen) atoms. The van der Waals surface area contributed by atoms with Crippen LogP contribution in [0.15, 0.2) is 84.5 Å². The molecule has 2 bridgehead atoms. The van der Waals surface area contributed by atoms with E-state index >= 15 is 4.79 Å². The molecule has 4 heterocycles. The summed E-state index contributed by atoms with van der Waals surface area (Å²) in [6.07, 6.45) is 6.30. The third-order valence-corrected chi connectivity index (χ3v) is 9.28. The van der Waals surface area contributed by atoms with Gasteiger partial charge in [-0.15, -0.1) is 0 Å². The number of phenolic OH excluding ortho intramolecular Hbond substituents is 1. The molecule has 4 aliphatic heterocycles. The van der Waals surface area contributed by atoms with Gasteiger partial charge in [0, 0.05) is 11.1 Å². The maximum atomic E-state index is 15.3. The van der Waals surface area contributed by atoms with Gasteiger partial charge in [-0.2, -0.15) is 0 Å². The first-order chi connectivity index (χ1) is 20.5. The summed E-state index contributed by atoms with van der Waals surface area (Å²) in [5.74, 6) is -5.94. The van der Waals surface area contributed by atoms with Crippen LogP contribution in [0.3, 0.4) is 0 Å². The van der Waals surface area contributed by atoms with Gasteiger partial charge in [0.15, 0.2) is 17.2 Å². The van der Waals surface area contributed by atoms with Gasteiger partial charge in [0.2, 0.25) is 5.72 Å². The number of nitrogens with zero attached hydrogens (tertiary/aromatic N) is 2. The lowest BCUT2D eigenvalue weighted by Gasteiger charge is -2.51. The first-order valence-corrected chi connectivity index (χ1v) is 14.1. The number of carbonyl (C=O) groups excluding carboxylic acids is 5. The monoisotopic (exact) mass is 580 g/mol. The number of aromatic hydroxyl groups is 1. The molecule has 1 unspecified atom stereocenters. The van der Waals surface area contributed by atoms with Crippen LogP contribution in [0, 0.1) is 11.3 Å². The van der Waals surface area contributed by atoms with Gasteiger partial charge in [0.05, 0.1) is 23.3 Å². The molecule has 10 heteroatoms. The van der Waals surface area contributed by atoms with E-state index in [1.807, 2.05) is 13.8 Å². The maximum absolute atomic E-state index is 15.3. The Hall–Kier alpha value is -4.99. The second-order valence-electron chi connectivity index (χ2n) is 12.0. The third-order valence-electron chi connectivity index (χ3n) is 9.28. The summed E-state index contributed by atoms with van der Waals surface area (Å²) in [5, 5.41) is 11.0. The molecule has 1 N–H and O–H groups in total. The largest absolute Gasteiger partial charge is 0.506 e. The smallest absolute Gasteiger partial charge is 0.318 e. The van der Waals surface area contributed by atoms with Crippen molar-refractivity contribution in [1.82, 2.24) is 4.90 Å². The van der Waals surface area contributed by atoms with Crippen molar-refractivity contribution in [2.24, 2.45) is 11.3 Å². The minimum atomic E-state index is -2.27. The molecule has 2 amide bonds. The topological polar surface area (TPSA) is 131 Å². The standard InChI is InChI=1S/C33H28N2O8/c1-4-42-28(40)26-32-23(24(38)27(39)34(32)21-12-8-9-13-22(21)37)25(19-10-6-5-7-11-19)43-33(26)31(16-14-20(36)15-17-31)18-30(2,3)35(33)29(32)41/h5-17,26,37H,4,18H2,1-3H3/t26-,32?,33+/m0/s1. The minimum absolute atomic E-state index is 0.0240. The van der Waals surface area contributed by atoms with Crippen molar-refractivity contribution >= 4 is 40.8 Å². The molecule has 10 nitrogen and oxygen atoms in total. The summed E-state index contributed by atoms with van der Waals surface area (Å²) >= 11 is 0. The molecule has 0 aromatic heterocycles. The van der Waals surface area contributed by atoms with Crippen molar-refractivity contribution in [3.05, 3.63) is 90.0 Å². The lowest BCUT2D eigenvalue weighted by atomic mass is 9.62. The Morgan fingerprint density at radius 1 is 1.00 bits per heavy atom. The van der Waals surface area contributed by atoms with Crippen LogP contribution in [0.2, 0.25) is 0 Å². The fourth-order valence-corrected chi connectivity index (χ4v) is 8.02. The predicted octanol–water partition coefficient (Wildman–Crippen LogP) is 3.07. The van der Waals surface area contributed by atoms with Gasteiger partial charge < -0.3 is 14.6 Å². The number of para-hydroxylation sites is 2. The summed E-state index contributed by atoms with van der Waals surface area (Å²) in [6.45, 7) is 5.18. The number of benzene rings is 2. The number of carbonyl (C=O) groups is 5. The van der Waals surface area contributed by atoms with E-state index in [2.05, 4.69) is 0 Å². The number of esters is 1. The molecule has 3 fully saturated rings. The molecule has 1 aliphatic carbocycles. The quantitative estimate of drug-likeness (QED) is 0.432. The molecule has 0 saturated carbocycles. The van der Waals surface area contributed by atoms with E-state index in [9.17, 15) is 24.3 Å². The molecule has 3 spiro atoms. The van der Waals surface area contributed by atoms with Crippen molar-refractivity contribution in [1.29, 1.82) is 0 Å². The normalized spacial score (nSPS) is 29.3. The van der Waals surface area contributed by atoms with Crippen LogP contribution in [0.4, 0.5) is 5.69 Å². The molecule has 218 valence electrons. The number of phenols is 1. The van der Waals surface area contributed by atoms with Gasteiger partial charge >= 0.3 is 11.9 Å². The van der Waals surface area contributed by atoms with Gasteiger partial charge in [-0.3, -0.25) is 33.8 Å². The zero-order chi connectivity index (χ0) is 30.5. The second kappa shape index (κ2) is 8.53. The second-order valence-corrected chi connectivity index (χ2v) is 12.0. The number of ether oxygens (including phenoxy) is 2. The highest BCUT2D eigenvalue weighted by Crippen LogP contribution is 2.72. The first kappa shape index (κ1) is 26.9. The SMILES string of the molecule is CCOC(=O)[C@H]1C23C(=O)N4C(C)(C)CC5(C=CC(=O)C=C5)[C@]14OC(c1ccccc1)=C2C(=O)C(=O)N3c1ccccc1O. The molecule has 2 aromatic carbocycles. The van der Waals surface area contributed by atoms with Crippen LogP contribution in [-0.2, 0) is 33.4 Å². The predicted molar refractivity (Wildman–Crippen MR) is 152 cm³/mol. The highest BCUT2D eigenvalue weighted by atomic mass is 16.6. The summed E-state index contributed by atoms with van der Waals surface area (Å²) in [6, 6.07) is 14.5. The molecule has 7 rings (SSSR count). The van der Waals surface area contributed by atoms with E-state index in [1.54, 1.807) is 61.5 Å². The van der Waals surface area contributed by atoms with E-state index in [0.717, 1.165) is 4.90 Å². The molecular weight excluding hydrogens is 552 g/mol. The Labute approximate surface area is 246 Å². The molecule has 0 radical (unpaired) electrons. The fourth-order valence-electron chi connectivity index (χ4n) is 8.02. The number of hydrogen-bond acceptors (Lipinski definition) is 8. The van der Waals surface area contributed by atoms with E-state index in [4.69, 9.17) is 9.47 Å². The lowest BCUT2D eigenvalue weighted by Crippen LogP contribution is -2.66. The van der Waals surface area contributed by atoms with Crippen molar-refractivity contribution in [3.63, 3.8) is 0 Å². The first-order valence-electron chi connectivity index (χ1n) is 14.1. The van der Waals surface area contributed by atoms with Crippen molar-refractivity contribution in [3.8, 4) is 5.75 Å². The lowest BCUT2D eigenvalue weighted by molar-refractivity contribution is -0.183. The Balaban J connectivity index is 1.67. The minimum Gasteiger partial charge on any atom is -0.506 e. The molecule has 2 aromatic rings. The van der Waals surface area contributed by atoms with E-state index in [-0.39, 0.29) is 41.6 Å². The highest BCUT2D eigenvalue weighted by molar-refractivity contribution is 6.55. The maximum Gasteiger partial charge on any atom is 0.318 e. The van der Waals surface area contributed by atoms with E-state index in [0.29, 0.717) is 5.56 Å². The third kappa shape index (κ3) is 3.00. The fraction of sp³-hybridized carbons (Fsp3) is 0.303. The Kier molecular flexibility index (Phi) is 5.33. The highest BCUT2D eigenvalue weighted by Gasteiger charge is 2.89. The summed E-state index contributed by atoms with van der Waals surface area (Å²) in [5.41, 5.74) is -6.37. The molecule has 3 atom stereocenters. The van der Waals surface area contributed by atoms with Gasteiger partial charge in [0.1, 0.15) is 11.5 Å². The summed E-state index contributed by atoms with van der Waals surface area (Å²) < 4.78 is 12.6. The van der Waals surface area contributed by atoms with Crippen LogP contribution in [0.1, 0.15) is 32.8 Å². The van der Waals surface area contributed by atoms with Gasteiger partial charge in [-0.1, -0.05) is 54.6 Å². The van der Waals surface area contributed by atoms with Crippen molar-refractivity contribution in [2.45, 2.75) is 44.0 Å².